The van der Waals surface area contributed by atoms with Crippen molar-refractivity contribution in [3.8, 4) is 11.1 Å². The van der Waals surface area contributed by atoms with Gasteiger partial charge in [-0.2, -0.15) is 0 Å². The largest absolute Gasteiger partial charge is 0.392 e. The van der Waals surface area contributed by atoms with E-state index in [-0.39, 0.29) is 30.4 Å². The normalized spacial score (nSPS) is 26.0. The van der Waals surface area contributed by atoms with Crippen LogP contribution in [-0.2, 0) is 22.6 Å². The summed E-state index contributed by atoms with van der Waals surface area (Å²) in [6, 6.07) is 25.3. The third-order valence-electron chi connectivity index (χ3n) is 14.1. The molecule has 1 heterocycles. The summed E-state index contributed by atoms with van der Waals surface area (Å²) in [6.45, 7) is 8.24. The van der Waals surface area contributed by atoms with Crippen LogP contribution in [0.1, 0.15) is 170 Å². The Hall–Kier alpha value is -3.23. The first-order valence-corrected chi connectivity index (χ1v) is 23.9. The van der Waals surface area contributed by atoms with E-state index < -0.39 is 6.29 Å². The SMILES string of the molecule is CCCCCCCCN(CCCCCCCC)C[C@H]1C[C@@H](c2ccc(CO)cc2)O[C@@H](c2ccc(-c3ccccc3CNC(=O)NC34CC5CC(CC(C5)C3)C4)cc2)O1. The Balaban J connectivity index is 1.01. The van der Waals surface area contributed by atoms with Gasteiger partial charge in [0.1, 0.15) is 0 Å². The number of carbonyl (C=O) groups is 1. The lowest BCUT2D eigenvalue weighted by molar-refractivity contribution is -0.253. The molecule has 322 valence electrons. The molecule has 3 N–H and O–H groups in total. The summed E-state index contributed by atoms with van der Waals surface area (Å²) in [5, 5.41) is 16.4. The minimum atomic E-state index is -0.486. The molecule has 0 radical (unpaired) electrons. The lowest BCUT2D eigenvalue weighted by atomic mass is 9.53. The van der Waals surface area contributed by atoms with Crippen molar-refractivity contribution < 1.29 is 19.4 Å². The van der Waals surface area contributed by atoms with E-state index in [1.165, 1.54) is 96.3 Å². The molecule has 5 fully saturated rings. The number of aliphatic hydroxyl groups excluding tert-OH is 1. The summed E-state index contributed by atoms with van der Waals surface area (Å²) in [5.41, 5.74) is 6.39. The maximum absolute atomic E-state index is 13.4. The molecule has 1 aliphatic heterocycles. The Morgan fingerprint density at radius 2 is 1.27 bits per heavy atom. The molecule has 5 aliphatic rings. The van der Waals surface area contributed by atoms with Gasteiger partial charge in [0.05, 0.1) is 18.8 Å². The van der Waals surface area contributed by atoms with Gasteiger partial charge in [-0.1, -0.05) is 151 Å². The lowest BCUT2D eigenvalue weighted by Gasteiger charge is -2.56. The van der Waals surface area contributed by atoms with Crippen LogP contribution in [0.25, 0.3) is 11.1 Å². The monoisotopic (exact) mass is 806 g/mol. The van der Waals surface area contributed by atoms with Gasteiger partial charge in [-0.25, -0.2) is 4.79 Å². The molecule has 3 aromatic carbocycles. The van der Waals surface area contributed by atoms with E-state index in [4.69, 9.17) is 9.47 Å². The van der Waals surface area contributed by atoms with Crippen molar-refractivity contribution in [2.45, 2.75) is 173 Å². The maximum Gasteiger partial charge on any atom is 0.315 e. The van der Waals surface area contributed by atoms with Crippen LogP contribution in [0.2, 0.25) is 0 Å². The van der Waals surface area contributed by atoms with E-state index in [0.717, 1.165) is 96.5 Å². The highest BCUT2D eigenvalue weighted by Gasteiger charge is 2.51. The Kier molecular flexibility index (Phi) is 16.4. The van der Waals surface area contributed by atoms with Crippen molar-refractivity contribution >= 4 is 6.03 Å². The van der Waals surface area contributed by atoms with Gasteiger partial charge >= 0.3 is 6.03 Å². The van der Waals surface area contributed by atoms with Crippen molar-refractivity contribution in [1.29, 1.82) is 0 Å². The number of aliphatic hydroxyl groups is 1. The predicted octanol–water partition coefficient (Wildman–Crippen LogP) is 12.2. The molecule has 0 aromatic heterocycles. The number of carbonyl (C=O) groups excluding carboxylic acids is 1. The number of unbranched alkanes of at least 4 members (excludes halogenated alkanes) is 10. The van der Waals surface area contributed by atoms with E-state index in [1.807, 2.05) is 12.1 Å². The molecule has 3 aromatic rings. The van der Waals surface area contributed by atoms with Crippen molar-refractivity contribution in [3.63, 3.8) is 0 Å². The molecule has 3 atom stereocenters. The predicted molar refractivity (Wildman–Crippen MR) is 240 cm³/mol. The Morgan fingerprint density at radius 3 is 1.88 bits per heavy atom. The van der Waals surface area contributed by atoms with E-state index in [0.29, 0.717) is 6.54 Å². The summed E-state index contributed by atoms with van der Waals surface area (Å²) in [6.07, 6.45) is 23.4. The number of hydrogen-bond donors (Lipinski definition) is 3. The van der Waals surface area contributed by atoms with Crippen LogP contribution in [0.3, 0.4) is 0 Å². The average molecular weight is 806 g/mol. The fourth-order valence-corrected chi connectivity index (χ4v) is 11.3. The van der Waals surface area contributed by atoms with Gasteiger partial charge in [-0.15, -0.1) is 0 Å². The third-order valence-corrected chi connectivity index (χ3v) is 14.1. The lowest BCUT2D eigenvalue weighted by Crippen LogP contribution is -2.61. The fraction of sp³-hybridized carbons (Fsp3) is 0.635. The van der Waals surface area contributed by atoms with Gasteiger partial charge in [0, 0.05) is 30.6 Å². The second-order valence-corrected chi connectivity index (χ2v) is 19.0. The number of amides is 2. The summed E-state index contributed by atoms with van der Waals surface area (Å²) in [7, 11) is 0. The second kappa shape index (κ2) is 22.0. The second-order valence-electron chi connectivity index (χ2n) is 19.0. The van der Waals surface area contributed by atoms with Crippen LogP contribution in [0.5, 0.6) is 0 Å². The average Bonchev–Trinajstić information content (AvgIpc) is 3.24. The zero-order valence-electron chi connectivity index (χ0n) is 36.5. The highest BCUT2D eigenvalue weighted by molar-refractivity contribution is 5.76. The molecular weight excluding hydrogens is 731 g/mol. The first kappa shape index (κ1) is 43.8. The molecule has 59 heavy (non-hydrogen) atoms. The van der Waals surface area contributed by atoms with Crippen LogP contribution in [0.15, 0.2) is 72.8 Å². The minimum Gasteiger partial charge on any atom is -0.392 e. The van der Waals surface area contributed by atoms with Crippen molar-refractivity contribution in [1.82, 2.24) is 15.5 Å². The van der Waals surface area contributed by atoms with Gasteiger partial charge in [-0.3, -0.25) is 0 Å². The first-order valence-electron chi connectivity index (χ1n) is 23.9. The molecule has 1 saturated heterocycles. The molecule has 4 saturated carbocycles. The van der Waals surface area contributed by atoms with Gasteiger partial charge < -0.3 is 30.1 Å². The van der Waals surface area contributed by atoms with Crippen LogP contribution >= 0.6 is 0 Å². The van der Waals surface area contributed by atoms with Crippen LogP contribution in [0.4, 0.5) is 4.79 Å². The number of rotatable bonds is 23. The summed E-state index contributed by atoms with van der Waals surface area (Å²) >= 11 is 0. The molecule has 0 unspecified atom stereocenters. The standard InChI is InChI=1S/C52H75N3O4/c1-3-5-7-9-11-15-27-55(28-16-12-10-8-6-4-2)37-47-32-49(44-21-19-39(38-56)20-22-44)59-50(58-47)45-25-23-43(24-26-45)48-18-14-13-17-46(48)36-53-51(57)54-52-33-40-29-41(34-52)31-42(30-40)35-52/h13-14,17-26,40-42,47,49-50,56H,3-12,15-16,27-38H2,1-2H3,(H2,53,54,57)/t40?,41?,42?,47-,49+,50+,52?/m1/s1. The van der Waals surface area contributed by atoms with E-state index in [9.17, 15) is 9.90 Å². The number of urea groups is 1. The quantitative estimate of drug-likeness (QED) is 0.0832. The fourth-order valence-electron chi connectivity index (χ4n) is 11.3. The molecule has 4 bridgehead atoms. The van der Waals surface area contributed by atoms with E-state index >= 15 is 0 Å². The first-order chi connectivity index (χ1) is 28.9. The summed E-state index contributed by atoms with van der Waals surface area (Å²) in [4.78, 5) is 16.0. The highest BCUT2D eigenvalue weighted by Crippen LogP contribution is 2.55. The van der Waals surface area contributed by atoms with E-state index in [2.05, 4.69) is 90.0 Å². The minimum absolute atomic E-state index is 0.00159. The van der Waals surface area contributed by atoms with Crippen molar-refractivity contribution in [3.05, 3.63) is 95.1 Å². The van der Waals surface area contributed by atoms with Crippen LogP contribution in [-0.4, -0.2) is 47.3 Å². The molecular formula is C52H75N3O4. The van der Waals surface area contributed by atoms with Crippen molar-refractivity contribution in [2.75, 3.05) is 19.6 Å². The van der Waals surface area contributed by atoms with Crippen LogP contribution < -0.4 is 10.6 Å². The number of hydrogen-bond acceptors (Lipinski definition) is 5. The summed E-state index contributed by atoms with van der Waals surface area (Å²) in [5.74, 6) is 2.39. The molecule has 2 amide bonds. The molecule has 0 spiro atoms. The zero-order valence-corrected chi connectivity index (χ0v) is 36.5. The number of nitrogens with one attached hydrogen (secondary N) is 2. The van der Waals surface area contributed by atoms with Gasteiger partial charge in [-0.05, 0) is 110 Å². The number of benzene rings is 3. The topological polar surface area (TPSA) is 83.1 Å². The van der Waals surface area contributed by atoms with Crippen molar-refractivity contribution in [2.24, 2.45) is 17.8 Å². The summed E-state index contributed by atoms with van der Waals surface area (Å²) < 4.78 is 13.7. The third kappa shape index (κ3) is 12.4. The molecule has 7 heteroatoms. The van der Waals surface area contributed by atoms with E-state index in [1.54, 1.807) is 0 Å². The maximum atomic E-state index is 13.4. The molecule has 7 nitrogen and oxygen atoms in total. The smallest absolute Gasteiger partial charge is 0.315 e. The Labute approximate surface area is 356 Å². The Morgan fingerprint density at radius 1 is 0.695 bits per heavy atom. The van der Waals surface area contributed by atoms with Gasteiger partial charge in [0.25, 0.3) is 0 Å². The molecule has 4 aliphatic carbocycles. The number of nitrogens with zero attached hydrogens (tertiary/aromatic N) is 1. The Bertz CT molecular complexity index is 1660. The molecule has 8 rings (SSSR count). The zero-order chi connectivity index (χ0) is 40.9. The van der Waals surface area contributed by atoms with Gasteiger partial charge in [0.2, 0.25) is 0 Å². The van der Waals surface area contributed by atoms with Gasteiger partial charge in [0.15, 0.2) is 6.29 Å². The highest BCUT2D eigenvalue weighted by atomic mass is 16.7. The van der Waals surface area contributed by atoms with Crippen LogP contribution in [0, 0.1) is 17.8 Å². The number of ether oxygens (including phenoxy) is 2.